The van der Waals surface area contributed by atoms with Crippen LogP contribution >= 0.6 is 0 Å². The number of likely N-dealkylation sites (N-methyl/N-ethyl adjacent to an activating group) is 2. The van der Waals surface area contributed by atoms with Crippen molar-refractivity contribution >= 4 is 11.5 Å². The van der Waals surface area contributed by atoms with E-state index in [1.807, 2.05) is 19.1 Å². The minimum absolute atomic E-state index is 0.261. The molecule has 27 heavy (non-hydrogen) atoms. The zero-order valence-corrected chi connectivity index (χ0v) is 16.7. The maximum absolute atomic E-state index is 10.4. The Labute approximate surface area is 161 Å². The van der Waals surface area contributed by atoms with Crippen molar-refractivity contribution < 1.29 is 5.11 Å². The standard InChI is InChI=1S/C21H29N5O/c1-14-7-8-17(18(27)12-14)19-15(2)20-21(23-22-19)26(11-10-25(20)4)16-6-5-9-24(3)13-16/h7-8,12,16,27H,5-6,9-11,13H2,1-4H3. The van der Waals surface area contributed by atoms with Crippen LogP contribution in [0.15, 0.2) is 18.2 Å². The maximum atomic E-state index is 10.4. The summed E-state index contributed by atoms with van der Waals surface area (Å²) in [7, 11) is 4.32. The van der Waals surface area contributed by atoms with Crippen LogP contribution in [0.1, 0.15) is 24.0 Å². The number of benzene rings is 1. The van der Waals surface area contributed by atoms with Gasteiger partial charge in [-0.15, -0.1) is 10.2 Å². The van der Waals surface area contributed by atoms with Gasteiger partial charge < -0.3 is 19.8 Å². The van der Waals surface area contributed by atoms with E-state index >= 15 is 0 Å². The molecule has 6 nitrogen and oxygen atoms in total. The third-order valence-corrected chi connectivity index (χ3v) is 5.95. The van der Waals surface area contributed by atoms with Gasteiger partial charge in [0.05, 0.1) is 5.69 Å². The molecule has 1 saturated heterocycles. The summed E-state index contributed by atoms with van der Waals surface area (Å²) in [4.78, 5) is 7.13. The molecule has 3 heterocycles. The molecule has 1 aromatic carbocycles. The fourth-order valence-electron chi connectivity index (χ4n) is 4.47. The molecule has 6 heteroatoms. The van der Waals surface area contributed by atoms with Gasteiger partial charge in [0, 0.05) is 43.9 Å². The second-order valence-electron chi connectivity index (χ2n) is 8.04. The van der Waals surface area contributed by atoms with Crippen molar-refractivity contribution in [1.29, 1.82) is 0 Å². The minimum atomic E-state index is 0.261. The summed E-state index contributed by atoms with van der Waals surface area (Å²) in [6.45, 7) is 8.26. The summed E-state index contributed by atoms with van der Waals surface area (Å²) < 4.78 is 0. The number of rotatable bonds is 2. The van der Waals surface area contributed by atoms with Gasteiger partial charge in [0.2, 0.25) is 0 Å². The van der Waals surface area contributed by atoms with E-state index in [-0.39, 0.29) is 5.75 Å². The third-order valence-electron chi connectivity index (χ3n) is 5.95. The van der Waals surface area contributed by atoms with Gasteiger partial charge >= 0.3 is 0 Å². The lowest BCUT2D eigenvalue weighted by Crippen LogP contribution is -2.52. The Morgan fingerprint density at radius 2 is 1.89 bits per heavy atom. The van der Waals surface area contributed by atoms with Gasteiger partial charge in [-0.1, -0.05) is 6.07 Å². The first-order chi connectivity index (χ1) is 13.0. The molecule has 1 unspecified atom stereocenters. The average molecular weight is 367 g/mol. The van der Waals surface area contributed by atoms with Crippen LogP contribution in [0.25, 0.3) is 11.3 Å². The monoisotopic (exact) mass is 367 g/mol. The average Bonchev–Trinajstić information content (AvgIpc) is 2.63. The van der Waals surface area contributed by atoms with Crippen molar-refractivity contribution in [3.8, 4) is 17.0 Å². The van der Waals surface area contributed by atoms with Gasteiger partial charge in [0.1, 0.15) is 11.4 Å². The van der Waals surface area contributed by atoms with Gasteiger partial charge in [-0.3, -0.25) is 0 Å². The number of aromatic nitrogens is 2. The summed E-state index contributed by atoms with van der Waals surface area (Å²) in [5.74, 6) is 1.24. The van der Waals surface area contributed by atoms with Crippen molar-refractivity contribution in [2.75, 3.05) is 50.1 Å². The molecule has 4 rings (SSSR count). The quantitative estimate of drug-likeness (QED) is 0.881. The summed E-state index contributed by atoms with van der Waals surface area (Å²) >= 11 is 0. The molecule has 1 fully saturated rings. The van der Waals surface area contributed by atoms with Gasteiger partial charge in [-0.05, 0) is 58.0 Å². The number of fused-ring (bicyclic) bond motifs is 1. The smallest absolute Gasteiger partial charge is 0.175 e. The number of aryl methyl sites for hydroxylation is 1. The predicted molar refractivity (Wildman–Crippen MR) is 110 cm³/mol. The molecule has 144 valence electrons. The molecule has 0 amide bonds. The molecule has 1 N–H and O–H groups in total. The lowest BCUT2D eigenvalue weighted by Gasteiger charge is -2.44. The lowest BCUT2D eigenvalue weighted by molar-refractivity contribution is 0.243. The Morgan fingerprint density at radius 3 is 2.63 bits per heavy atom. The van der Waals surface area contributed by atoms with Crippen LogP contribution in [-0.2, 0) is 0 Å². The molecular weight excluding hydrogens is 338 g/mol. The molecule has 2 aromatic rings. The van der Waals surface area contributed by atoms with Crippen LogP contribution in [0.4, 0.5) is 11.5 Å². The van der Waals surface area contributed by atoms with Crippen LogP contribution in [0.5, 0.6) is 5.75 Å². The Bertz CT molecular complexity index is 853. The Kier molecular flexibility index (Phi) is 4.68. The fourth-order valence-corrected chi connectivity index (χ4v) is 4.47. The largest absolute Gasteiger partial charge is 0.507 e. The summed E-state index contributed by atoms with van der Waals surface area (Å²) in [6.07, 6.45) is 2.43. The number of phenols is 1. The highest BCUT2D eigenvalue weighted by molar-refractivity contribution is 5.81. The van der Waals surface area contributed by atoms with Crippen molar-refractivity contribution in [3.63, 3.8) is 0 Å². The molecule has 0 spiro atoms. The first-order valence-corrected chi connectivity index (χ1v) is 9.79. The molecule has 2 aliphatic rings. The van der Waals surface area contributed by atoms with E-state index in [0.717, 1.165) is 53.5 Å². The topological polar surface area (TPSA) is 55.7 Å². The van der Waals surface area contributed by atoms with Gasteiger partial charge in [0.15, 0.2) is 5.82 Å². The van der Waals surface area contributed by atoms with E-state index in [9.17, 15) is 5.11 Å². The first-order valence-electron chi connectivity index (χ1n) is 9.79. The highest BCUT2D eigenvalue weighted by Gasteiger charge is 2.32. The van der Waals surface area contributed by atoms with Gasteiger partial charge in [-0.2, -0.15) is 0 Å². The second kappa shape index (κ2) is 7.00. The minimum Gasteiger partial charge on any atom is -0.507 e. The Morgan fingerprint density at radius 1 is 1.07 bits per heavy atom. The number of piperidine rings is 1. The van der Waals surface area contributed by atoms with E-state index in [2.05, 4.69) is 45.9 Å². The zero-order chi connectivity index (χ0) is 19.1. The van der Waals surface area contributed by atoms with Crippen molar-refractivity contribution in [2.45, 2.75) is 32.7 Å². The van der Waals surface area contributed by atoms with Crippen molar-refractivity contribution in [2.24, 2.45) is 0 Å². The number of hydrogen-bond acceptors (Lipinski definition) is 6. The lowest BCUT2D eigenvalue weighted by atomic mass is 10.00. The van der Waals surface area contributed by atoms with E-state index < -0.39 is 0 Å². The Balaban J connectivity index is 1.77. The number of aromatic hydroxyl groups is 1. The molecule has 0 radical (unpaired) electrons. The zero-order valence-electron chi connectivity index (χ0n) is 16.7. The SMILES string of the molecule is Cc1ccc(-c2nnc3c(c2C)N(C)CCN3C2CCCN(C)C2)c(O)c1. The van der Waals surface area contributed by atoms with E-state index in [1.54, 1.807) is 6.07 Å². The maximum Gasteiger partial charge on any atom is 0.175 e. The summed E-state index contributed by atoms with van der Waals surface area (Å²) in [5.41, 5.74) is 4.76. The van der Waals surface area contributed by atoms with Crippen molar-refractivity contribution in [3.05, 3.63) is 29.3 Å². The third kappa shape index (κ3) is 3.23. The number of likely N-dealkylation sites (tertiary alicyclic amines) is 1. The van der Waals surface area contributed by atoms with Crippen LogP contribution in [0, 0.1) is 13.8 Å². The van der Waals surface area contributed by atoms with E-state index in [4.69, 9.17) is 0 Å². The molecule has 1 atom stereocenters. The molecule has 0 saturated carbocycles. The second-order valence-corrected chi connectivity index (χ2v) is 8.04. The van der Waals surface area contributed by atoms with Gasteiger partial charge in [-0.25, -0.2) is 0 Å². The molecule has 0 aliphatic carbocycles. The number of anilines is 2. The van der Waals surface area contributed by atoms with Crippen LogP contribution < -0.4 is 9.80 Å². The highest BCUT2D eigenvalue weighted by atomic mass is 16.3. The summed E-state index contributed by atoms with van der Waals surface area (Å²) in [5, 5.41) is 19.6. The molecule has 0 bridgehead atoms. The van der Waals surface area contributed by atoms with Crippen LogP contribution in [0.2, 0.25) is 0 Å². The normalized spacial score (nSPS) is 20.7. The highest BCUT2D eigenvalue weighted by Crippen LogP contribution is 2.40. The van der Waals surface area contributed by atoms with Crippen LogP contribution in [0.3, 0.4) is 0 Å². The fraction of sp³-hybridized carbons (Fsp3) is 0.524. The summed E-state index contributed by atoms with van der Waals surface area (Å²) in [6, 6.07) is 6.21. The molecular formula is C21H29N5O. The predicted octanol–water partition coefficient (Wildman–Crippen LogP) is 2.82. The van der Waals surface area contributed by atoms with Crippen molar-refractivity contribution in [1.82, 2.24) is 15.1 Å². The van der Waals surface area contributed by atoms with Gasteiger partial charge in [0.25, 0.3) is 0 Å². The molecule has 2 aliphatic heterocycles. The number of hydrogen-bond donors (Lipinski definition) is 1. The first kappa shape index (κ1) is 18.0. The van der Waals surface area contributed by atoms with Crippen LogP contribution in [-0.4, -0.2) is 66.5 Å². The molecule has 1 aromatic heterocycles. The number of phenolic OH excluding ortho intramolecular Hbond substituents is 1. The van der Waals surface area contributed by atoms with E-state index in [1.165, 1.54) is 19.4 Å². The van der Waals surface area contributed by atoms with E-state index in [0.29, 0.717) is 6.04 Å². The Hall–Kier alpha value is -2.34. The number of nitrogens with zero attached hydrogens (tertiary/aromatic N) is 5.